The third-order valence-electron chi connectivity index (χ3n) is 4.41. The first kappa shape index (κ1) is 20.2. The van der Waals surface area contributed by atoms with Gasteiger partial charge in [0.2, 0.25) is 10.0 Å². The average Bonchev–Trinajstić information content (AvgIpc) is 2.68. The number of rotatable bonds is 6. The van der Waals surface area contributed by atoms with E-state index in [0.717, 1.165) is 4.31 Å². The Bertz CT molecular complexity index is 1050. The van der Waals surface area contributed by atoms with E-state index in [-0.39, 0.29) is 22.8 Å². The fourth-order valence-corrected chi connectivity index (χ4v) is 5.71. The number of pyridine rings is 1. The van der Waals surface area contributed by atoms with Crippen LogP contribution in [0, 0.1) is 0 Å². The van der Waals surface area contributed by atoms with Crippen LogP contribution in [0.3, 0.4) is 0 Å². The number of anilines is 1. The van der Waals surface area contributed by atoms with Crippen LogP contribution >= 0.6 is 0 Å². The van der Waals surface area contributed by atoms with E-state index in [1.807, 2.05) is 0 Å². The Hall–Kier alpha value is -2.50. The zero-order chi connectivity index (χ0) is 20.4. The number of carboxylic acids is 1. The van der Waals surface area contributed by atoms with Gasteiger partial charge in [0.25, 0.3) is 10.0 Å². The van der Waals surface area contributed by atoms with Crippen molar-refractivity contribution in [2.45, 2.75) is 35.1 Å². The van der Waals surface area contributed by atoms with Gasteiger partial charge >= 0.3 is 5.97 Å². The highest BCUT2D eigenvalue weighted by Crippen LogP contribution is 2.26. The second-order valence-electron chi connectivity index (χ2n) is 6.28. The molecule has 3 rings (SSSR count). The molecule has 1 fully saturated rings. The molecule has 0 radical (unpaired) electrons. The van der Waals surface area contributed by atoms with Gasteiger partial charge in [-0.05, 0) is 55.7 Å². The van der Waals surface area contributed by atoms with Crippen molar-refractivity contribution in [2.75, 3.05) is 11.3 Å². The highest BCUT2D eigenvalue weighted by Gasteiger charge is 2.37. The van der Waals surface area contributed by atoms with Crippen LogP contribution in [-0.4, -0.2) is 49.8 Å². The molecule has 150 valence electrons. The minimum atomic E-state index is -4.05. The lowest BCUT2D eigenvalue weighted by Gasteiger charge is -2.31. The molecule has 1 unspecified atom stereocenters. The van der Waals surface area contributed by atoms with Gasteiger partial charge in [0, 0.05) is 18.9 Å². The molecule has 1 saturated heterocycles. The van der Waals surface area contributed by atoms with Gasteiger partial charge in [-0.15, -0.1) is 0 Å². The number of piperidine rings is 1. The summed E-state index contributed by atoms with van der Waals surface area (Å²) in [4.78, 5) is 14.9. The van der Waals surface area contributed by atoms with Crippen molar-refractivity contribution in [3.8, 4) is 0 Å². The lowest BCUT2D eigenvalue weighted by molar-refractivity contribution is -0.142. The zero-order valence-electron chi connectivity index (χ0n) is 14.7. The Morgan fingerprint density at radius 3 is 2.21 bits per heavy atom. The summed E-state index contributed by atoms with van der Waals surface area (Å²) in [5, 5.41) is 9.31. The molecular formula is C17H19N3O6S2. The molecule has 1 aliphatic heterocycles. The third kappa shape index (κ3) is 4.16. The molecule has 1 atom stereocenters. The molecular weight excluding hydrogens is 406 g/mol. The van der Waals surface area contributed by atoms with E-state index in [1.54, 1.807) is 0 Å². The van der Waals surface area contributed by atoms with Gasteiger partial charge < -0.3 is 5.11 Å². The zero-order valence-corrected chi connectivity index (χ0v) is 16.4. The number of hydrogen-bond acceptors (Lipinski definition) is 6. The summed E-state index contributed by atoms with van der Waals surface area (Å²) in [6, 6.07) is 6.55. The van der Waals surface area contributed by atoms with E-state index >= 15 is 0 Å². The Labute approximate surface area is 163 Å². The third-order valence-corrected chi connectivity index (χ3v) is 7.73. The van der Waals surface area contributed by atoms with Gasteiger partial charge in [-0.1, -0.05) is 0 Å². The molecule has 0 bridgehead atoms. The largest absolute Gasteiger partial charge is 0.480 e. The number of nitrogens with one attached hydrogen (secondary N) is 1. The summed E-state index contributed by atoms with van der Waals surface area (Å²) in [5.74, 6) is -1.19. The number of aromatic nitrogens is 1. The molecule has 1 aliphatic rings. The first-order valence-electron chi connectivity index (χ1n) is 8.49. The number of aliphatic carboxylic acids is 1. The van der Waals surface area contributed by atoms with Crippen LogP contribution in [0.4, 0.5) is 5.69 Å². The van der Waals surface area contributed by atoms with Crippen molar-refractivity contribution >= 4 is 31.7 Å². The van der Waals surface area contributed by atoms with Gasteiger partial charge in [0.05, 0.1) is 15.5 Å². The quantitative estimate of drug-likeness (QED) is 0.716. The molecule has 2 N–H and O–H groups in total. The molecule has 11 heteroatoms. The van der Waals surface area contributed by atoms with Crippen LogP contribution in [0.5, 0.6) is 0 Å². The van der Waals surface area contributed by atoms with Crippen LogP contribution in [-0.2, 0) is 24.8 Å². The lowest BCUT2D eigenvalue weighted by Crippen LogP contribution is -2.47. The van der Waals surface area contributed by atoms with Crippen molar-refractivity contribution in [1.29, 1.82) is 0 Å². The second kappa shape index (κ2) is 7.86. The van der Waals surface area contributed by atoms with Crippen LogP contribution in [0.2, 0.25) is 0 Å². The van der Waals surface area contributed by atoms with Gasteiger partial charge in [-0.2, -0.15) is 4.31 Å². The van der Waals surface area contributed by atoms with Crippen LogP contribution < -0.4 is 4.72 Å². The molecule has 9 nitrogen and oxygen atoms in total. The van der Waals surface area contributed by atoms with Crippen molar-refractivity contribution < 1.29 is 26.7 Å². The van der Waals surface area contributed by atoms with Gasteiger partial charge in [-0.3, -0.25) is 14.5 Å². The number of sulfonamides is 2. The molecule has 0 amide bonds. The molecule has 2 aromatic rings. The van der Waals surface area contributed by atoms with Crippen molar-refractivity contribution in [2.24, 2.45) is 0 Å². The van der Waals surface area contributed by atoms with Crippen molar-refractivity contribution in [1.82, 2.24) is 9.29 Å². The Morgan fingerprint density at radius 1 is 1.00 bits per heavy atom. The van der Waals surface area contributed by atoms with Gasteiger partial charge in [0.15, 0.2) is 0 Å². The SMILES string of the molecule is O=C(O)C1CCCCN1S(=O)(=O)c1ccc(S(=O)(=O)Nc2ccncc2)cc1. The monoisotopic (exact) mass is 425 g/mol. The molecule has 2 heterocycles. The summed E-state index contributed by atoms with van der Waals surface area (Å²) in [7, 11) is -7.95. The standard InChI is InChI=1S/C17H19N3O6S2/c21-17(22)16-3-1-2-12-20(16)28(25,26)15-6-4-14(5-7-15)27(23,24)19-13-8-10-18-11-9-13/h4-11,16H,1-3,12H2,(H,18,19)(H,21,22). The van der Waals surface area contributed by atoms with Crippen LogP contribution in [0.1, 0.15) is 19.3 Å². The summed E-state index contributed by atoms with van der Waals surface area (Å²) >= 11 is 0. The highest BCUT2D eigenvalue weighted by atomic mass is 32.2. The molecule has 1 aromatic heterocycles. The lowest BCUT2D eigenvalue weighted by atomic mass is 10.1. The predicted octanol–water partition coefficient (Wildman–Crippen LogP) is 1.51. The minimum absolute atomic E-state index is 0.114. The molecule has 0 spiro atoms. The number of benzene rings is 1. The fraction of sp³-hybridized carbons (Fsp3) is 0.294. The van der Waals surface area contributed by atoms with Crippen molar-refractivity contribution in [3.63, 3.8) is 0 Å². The van der Waals surface area contributed by atoms with E-state index in [0.29, 0.717) is 18.5 Å². The second-order valence-corrected chi connectivity index (χ2v) is 9.85. The van der Waals surface area contributed by atoms with Gasteiger partial charge in [-0.25, -0.2) is 16.8 Å². The molecule has 28 heavy (non-hydrogen) atoms. The topological polar surface area (TPSA) is 134 Å². The molecule has 0 aliphatic carbocycles. The number of nitrogens with zero attached hydrogens (tertiary/aromatic N) is 2. The summed E-state index contributed by atoms with van der Waals surface area (Å²) in [6.45, 7) is 0.114. The summed E-state index contributed by atoms with van der Waals surface area (Å²) < 4.78 is 53.9. The first-order valence-corrected chi connectivity index (χ1v) is 11.4. The predicted molar refractivity (Wildman–Crippen MR) is 101 cm³/mol. The minimum Gasteiger partial charge on any atom is -0.480 e. The van der Waals surface area contributed by atoms with E-state index in [2.05, 4.69) is 9.71 Å². The maximum absolute atomic E-state index is 12.8. The highest BCUT2D eigenvalue weighted by molar-refractivity contribution is 7.92. The van der Waals surface area contributed by atoms with E-state index < -0.39 is 32.1 Å². The summed E-state index contributed by atoms with van der Waals surface area (Å²) in [5.41, 5.74) is 0.323. The van der Waals surface area contributed by atoms with Crippen LogP contribution in [0.15, 0.2) is 58.6 Å². The number of hydrogen-bond donors (Lipinski definition) is 2. The van der Waals surface area contributed by atoms with Crippen LogP contribution in [0.25, 0.3) is 0 Å². The average molecular weight is 425 g/mol. The van der Waals surface area contributed by atoms with E-state index in [4.69, 9.17) is 0 Å². The Balaban J connectivity index is 1.86. The smallest absolute Gasteiger partial charge is 0.322 e. The Morgan fingerprint density at radius 2 is 1.61 bits per heavy atom. The number of carboxylic acid groups (broad SMARTS) is 1. The normalized spacial score (nSPS) is 18.5. The van der Waals surface area contributed by atoms with Crippen molar-refractivity contribution in [3.05, 3.63) is 48.8 Å². The fourth-order valence-electron chi connectivity index (χ4n) is 3.00. The summed E-state index contributed by atoms with van der Waals surface area (Å²) in [6.07, 6.45) is 4.33. The first-order chi connectivity index (χ1) is 13.2. The maximum atomic E-state index is 12.8. The molecule has 1 aromatic carbocycles. The molecule has 0 saturated carbocycles. The van der Waals surface area contributed by atoms with Gasteiger partial charge in [0.1, 0.15) is 6.04 Å². The Kier molecular flexibility index (Phi) is 5.68. The number of carbonyl (C=O) groups is 1. The van der Waals surface area contributed by atoms with E-state index in [1.165, 1.54) is 48.8 Å². The van der Waals surface area contributed by atoms with E-state index in [9.17, 15) is 26.7 Å². The maximum Gasteiger partial charge on any atom is 0.322 e.